The minimum absolute atomic E-state index is 0.619. The van der Waals surface area contributed by atoms with Gasteiger partial charge >= 0.3 is 0 Å². The average Bonchev–Trinajstić information content (AvgIpc) is 2.66. The minimum Gasteiger partial charge on any atom is -0.315 e. The number of nitrogens with zero attached hydrogens (tertiary/aromatic N) is 1. The van der Waals surface area contributed by atoms with Crippen molar-refractivity contribution in [1.29, 1.82) is 0 Å². The van der Waals surface area contributed by atoms with Gasteiger partial charge in [0, 0.05) is 36.3 Å². The molecule has 2 heterocycles. The highest BCUT2D eigenvalue weighted by Crippen LogP contribution is 2.67. The zero-order chi connectivity index (χ0) is 12.2. The summed E-state index contributed by atoms with van der Waals surface area (Å²) in [5.74, 6) is 2.31. The molecule has 1 spiro atoms. The van der Waals surface area contributed by atoms with Crippen LogP contribution in [0.25, 0.3) is 0 Å². The lowest BCUT2D eigenvalue weighted by atomic mass is 9.94. The molecular formula is C15H20N2S. The first-order valence-corrected chi connectivity index (χ1v) is 7.94. The van der Waals surface area contributed by atoms with Crippen LogP contribution in [0.2, 0.25) is 0 Å². The molecule has 2 aliphatic heterocycles. The highest BCUT2D eigenvalue weighted by Gasteiger charge is 2.73. The van der Waals surface area contributed by atoms with Crippen molar-refractivity contribution in [2.24, 2.45) is 11.3 Å². The van der Waals surface area contributed by atoms with Gasteiger partial charge in [0.2, 0.25) is 0 Å². The number of nitrogens with one attached hydrogen (secondary N) is 1. The van der Waals surface area contributed by atoms with E-state index in [9.17, 15) is 0 Å². The molecule has 1 aromatic carbocycles. The van der Waals surface area contributed by atoms with Gasteiger partial charge in [0.25, 0.3) is 0 Å². The van der Waals surface area contributed by atoms with Crippen molar-refractivity contribution in [2.45, 2.75) is 17.8 Å². The van der Waals surface area contributed by atoms with Crippen molar-refractivity contribution in [1.82, 2.24) is 10.2 Å². The highest BCUT2D eigenvalue weighted by molar-refractivity contribution is 8.00. The lowest BCUT2D eigenvalue weighted by molar-refractivity contribution is 0.308. The van der Waals surface area contributed by atoms with Crippen molar-refractivity contribution in [3.8, 4) is 0 Å². The molecule has 2 saturated heterocycles. The fraction of sp³-hybridized carbons (Fsp3) is 0.600. The third-order valence-electron chi connectivity index (χ3n) is 5.08. The van der Waals surface area contributed by atoms with Gasteiger partial charge in [-0.1, -0.05) is 30.3 Å². The first-order chi connectivity index (χ1) is 8.84. The Hall–Kier alpha value is -0.510. The molecule has 4 atom stereocenters. The smallest absolute Gasteiger partial charge is 0.0294 e. The number of rotatable bonds is 3. The van der Waals surface area contributed by atoms with E-state index < -0.39 is 0 Å². The summed E-state index contributed by atoms with van der Waals surface area (Å²) < 4.78 is 0. The second kappa shape index (κ2) is 3.99. The van der Waals surface area contributed by atoms with E-state index in [1.165, 1.54) is 24.4 Å². The van der Waals surface area contributed by atoms with Crippen LogP contribution in [0.4, 0.5) is 0 Å². The summed E-state index contributed by atoms with van der Waals surface area (Å²) in [6.07, 6.45) is 0. The van der Waals surface area contributed by atoms with E-state index in [2.05, 4.69) is 59.4 Å². The van der Waals surface area contributed by atoms with Crippen LogP contribution < -0.4 is 5.32 Å². The highest BCUT2D eigenvalue weighted by atomic mass is 32.2. The molecule has 3 heteroatoms. The summed E-state index contributed by atoms with van der Waals surface area (Å²) >= 11 is 2.21. The van der Waals surface area contributed by atoms with Gasteiger partial charge in [-0.25, -0.2) is 0 Å². The van der Waals surface area contributed by atoms with Gasteiger partial charge in [-0.15, -0.1) is 0 Å². The van der Waals surface area contributed by atoms with Gasteiger partial charge in [-0.3, -0.25) is 4.90 Å². The molecule has 4 unspecified atom stereocenters. The maximum atomic E-state index is 3.54. The van der Waals surface area contributed by atoms with E-state index in [1.807, 2.05) is 0 Å². The van der Waals surface area contributed by atoms with Crippen LogP contribution in [0.15, 0.2) is 30.3 Å². The number of hydrogen-bond acceptors (Lipinski definition) is 3. The van der Waals surface area contributed by atoms with Crippen molar-refractivity contribution < 1.29 is 0 Å². The zero-order valence-corrected chi connectivity index (χ0v) is 11.6. The fourth-order valence-corrected chi connectivity index (χ4v) is 6.30. The maximum Gasteiger partial charge on any atom is 0.0294 e. The van der Waals surface area contributed by atoms with Crippen LogP contribution in [0, 0.1) is 11.3 Å². The van der Waals surface area contributed by atoms with Crippen molar-refractivity contribution in [3.63, 3.8) is 0 Å². The van der Waals surface area contributed by atoms with E-state index >= 15 is 0 Å². The molecule has 4 rings (SSSR count). The Kier molecular flexibility index (Phi) is 2.51. The molecule has 1 aromatic rings. The second-order valence-electron chi connectivity index (χ2n) is 5.98. The summed E-state index contributed by atoms with van der Waals surface area (Å²) in [6.45, 7) is 3.74. The van der Waals surface area contributed by atoms with Crippen molar-refractivity contribution >= 4 is 11.8 Å². The van der Waals surface area contributed by atoms with Gasteiger partial charge in [0.15, 0.2) is 0 Å². The summed E-state index contributed by atoms with van der Waals surface area (Å²) in [5.41, 5.74) is 2.08. The molecule has 18 heavy (non-hydrogen) atoms. The van der Waals surface area contributed by atoms with E-state index in [0.29, 0.717) is 5.41 Å². The molecule has 0 bridgehead atoms. The van der Waals surface area contributed by atoms with Gasteiger partial charge in [-0.05, 0) is 24.3 Å². The number of benzene rings is 1. The van der Waals surface area contributed by atoms with Crippen LogP contribution in [0.5, 0.6) is 0 Å². The predicted molar refractivity (Wildman–Crippen MR) is 76.7 cm³/mol. The van der Waals surface area contributed by atoms with Crippen LogP contribution in [-0.4, -0.2) is 42.1 Å². The van der Waals surface area contributed by atoms with Crippen LogP contribution in [0.1, 0.15) is 5.56 Å². The Morgan fingerprint density at radius 1 is 1.39 bits per heavy atom. The third kappa shape index (κ3) is 1.44. The molecule has 2 nitrogen and oxygen atoms in total. The molecular weight excluding hydrogens is 240 g/mol. The van der Waals surface area contributed by atoms with Crippen molar-refractivity contribution in [2.75, 3.05) is 25.9 Å². The van der Waals surface area contributed by atoms with Gasteiger partial charge in [0.1, 0.15) is 0 Å². The van der Waals surface area contributed by atoms with E-state index in [-0.39, 0.29) is 0 Å². The van der Waals surface area contributed by atoms with Crippen LogP contribution in [-0.2, 0) is 6.54 Å². The van der Waals surface area contributed by atoms with E-state index in [4.69, 9.17) is 0 Å². The number of thioether (sulfide) groups is 1. The molecule has 3 aliphatic rings. The first kappa shape index (κ1) is 11.3. The normalized spacial score (nSPS) is 41.7. The minimum atomic E-state index is 0.619. The SMILES string of the molecule is CNC1C2SCC3CN(Cc4ccccc4)CC312. The van der Waals surface area contributed by atoms with Gasteiger partial charge < -0.3 is 5.32 Å². The van der Waals surface area contributed by atoms with Gasteiger partial charge in [0.05, 0.1) is 0 Å². The van der Waals surface area contributed by atoms with Gasteiger partial charge in [-0.2, -0.15) is 11.8 Å². The largest absolute Gasteiger partial charge is 0.315 e. The monoisotopic (exact) mass is 260 g/mol. The fourth-order valence-electron chi connectivity index (χ4n) is 4.22. The average molecular weight is 260 g/mol. The lowest BCUT2D eigenvalue weighted by Crippen LogP contribution is -2.26. The standard InChI is InChI=1S/C15H20N2S/c1-16-13-14-15(13)10-17(8-12(15)9-18-14)7-11-5-3-2-4-6-11/h2-6,12-14,16H,7-10H2,1H3. The van der Waals surface area contributed by atoms with E-state index in [0.717, 1.165) is 23.8 Å². The molecule has 0 radical (unpaired) electrons. The topological polar surface area (TPSA) is 15.3 Å². The molecule has 96 valence electrons. The summed E-state index contributed by atoms with van der Waals surface area (Å²) in [5, 5.41) is 4.44. The third-order valence-corrected chi connectivity index (χ3v) is 6.74. The Bertz CT molecular complexity index is 443. The molecule has 3 fully saturated rings. The summed E-state index contributed by atoms with van der Waals surface area (Å²) in [4.78, 5) is 2.67. The molecule has 1 saturated carbocycles. The van der Waals surface area contributed by atoms with Crippen molar-refractivity contribution in [3.05, 3.63) is 35.9 Å². The second-order valence-corrected chi connectivity index (χ2v) is 7.16. The lowest BCUT2D eigenvalue weighted by Gasteiger charge is -2.16. The zero-order valence-electron chi connectivity index (χ0n) is 10.8. The Morgan fingerprint density at radius 2 is 2.22 bits per heavy atom. The Morgan fingerprint density at radius 3 is 2.94 bits per heavy atom. The van der Waals surface area contributed by atoms with Crippen LogP contribution in [0.3, 0.4) is 0 Å². The molecule has 0 amide bonds. The summed E-state index contributed by atoms with van der Waals surface area (Å²) in [6, 6.07) is 11.7. The maximum absolute atomic E-state index is 3.54. The van der Waals surface area contributed by atoms with E-state index in [1.54, 1.807) is 0 Å². The number of hydrogen-bond donors (Lipinski definition) is 1. The first-order valence-electron chi connectivity index (χ1n) is 6.90. The number of likely N-dealkylation sites (tertiary alicyclic amines) is 1. The summed E-state index contributed by atoms with van der Waals surface area (Å²) in [7, 11) is 2.13. The predicted octanol–water partition coefficient (Wildman–Crippen LogP) is 1.82. The molecule has 0 aromatic heterocycles. The quantitative estimate of drug-likeness (QED) is 0.892. The van der Waals surface area contributed by atoms with Crippen LogP contribution >= 0.6 is 11.8 Å². The molecule has 1 N–H and O–H groups in total. The Labute approximate surface area is 113 Å². The Balaban J connectivity index is 1.49. The molecule has 1 aliphatic carbocycles.